The summed E-state index contributed by atoms with van der Waals surface area (Å²) in [5, 5.41) is 0. The van der Waals surface area contributed by atoms with Crippen molar-refractivity contribution in [3.8, 4) is 0 Å². The summed E-state index contributed by atoms with van der Waals surface area (Å²) in [7, 11) is 0. The molecule has 0 saturated carbocycles. The van der Waals surface area contributed by atoms with Crippen LogP contribution in [-0.2, 0) is 19.0 Å². The Morgan fingerprint density at radius 2 is 1.11 bits per heavy atom. The zero-order valence-corrected chi connectivity index (χ0v) is 17.9. The molecule has 0 heterocycles. The summed E-state index contributed by atoms with van der Waals surface area (Å²) in [6.45, 7) is 6.04. The quantitative estimate of drug-likeness (QED) is 0.197. The molecule has 0 N–H and O–H groups in total. The smallest absolute Gasteiger partial charge is 0.463 e. The van der Waals surface area contributed by atoms with Crippen LogP contribution in [0.3, 0.4) is 0 Å². The molecule has 5 nitrogen and oxygen atoms in total. The van der Waals surface area contributed by atoms with Gasteiger partial charge >= 0.3 is 12.1 Å². The molecule has 1 unspecified atom stereocenters. The van der Waals surface area contributed by atoms with Crippen LogP contribution in [0.15, 0.2) is 0 Å². The summed E-state index contributed by atoms with van der Waals surface area (Å²) < 4.78 is 14.5. The van der Waals surface area contributed by atoms with E-state index in [0.717, 1.165) is 12.8 Å². The fourth-order valence-electron chi connectivity index (χ4n) is 2.93. The summed E-state index contributed by atoms with van der Waals surface area (Å²) in [5.41, 5.74) is 0. The summed E-state index contributed by atoms with van der Waals surface area (Å²) in [5.74, 6) is -0.516. The molecule has 0 saturated heterocycles. The number of carbonyl (C=O) groups is 2. The fraction of sp³-hybridized carbons (Fsp3) is 0.909. The second-order valence-electron chi connectivity index (χ2n) is 7.21. The van der Waals surface area contributed by atoms with Crippen molar-refractivity contribution >= 4 is 12.1 Å². The molecule has 0 aromatic heterocycles. The number of hydrogen-bond acceptors (Lipinski definition) is 5. The van der Waals surface area contributed by atoms with E-state index in [2.05, 4.69) is 11.7 Å². The van der Waals surface area contributed by atoms with Crippen molar-refractivity contribution in [2.75, 3.05) is 13.2 Å². The van der Waals surface area contributed by atoms with Gasteiger partial charge in [0, 0.05) is 0 Å². The molecule has 0 spiro atoms. The van der Waals surface area contributed by atoms with Crippen LogP contribution < -0.4 is 0 Å². The van der Waals surface area contributed by atoms with Gasteiger partial charge in [-0.25, -0.2) is 9.59 Å². The lowest BCUT2D eigenvalue weighted by Gasteiger charge is -2.12. The number of esters is 1. The second-order valence-corrected chi connectivity index (χ2v) is 7.21. The van der Waals surface area contributed by atoms with Crippen LogP contribution in [0.1, 0.15) is 111 Å². The minimum absolute atomic E-state index is 0.222. The number of rotatable bonds is 18. The third-order valence-electron chi connectivity index (χ3n) is 4.61. The zero-order valence-electron chi connectivity index (χ0n) is 17.9. The molecule has 0 bridgehead atoms. The topological polar surface area (TPSA) is 61.8 Å². The van der Waals surface area contributed by atoms with Gasteiger partial charge in [0.15, 0.2) is 6.10 Å². The molecule has 0 aromatic carbocycles. The van der Waals surface area contributed by atoms with Gasteiger partial charge < -0.3 is 14.2 Å². The van der Waals surface area contributed by atoms with Crippen LogP contribution in [0.25, 0.3) is 0 Å². The van der Waals surface area contributed by atoms with E-state index in [1.165, 1.54) is 84.0 Å². The van der Waals surface area contributed by atoms with E-state index in [4.69, 9.17) is 9.47 Å². The second kappa shape index (κ2) is 19.5. The SMILES string of the molecule is CCCCCCCCCCCCCCCCOC(=O)C(C)OC(=O)OCC. The third-order valence-corrected chi connectivity index (χ3v) is 4.61. The Balaban J connectivity index is 3.30. The normalized spacial score (nSPS) is 11.8. The van der Waals surface area contributed by atoms with Crippen LogP contribution in [-0.4, -0.2) is 31.4 Å². The fourth-order valence-corrected chi connectivity index (χ4v) is 2.93. The molecule has 0 radical (unpaired) electrons. The molecular weight excluding hydrogens is 344 g/mol. The first-order valence-corrected chi connectivity index (χ1v) is 11.1. The first-order valence-electron chi connectivity index (χ1n) is 11.1. The van der Waals surface area contributed by atoms with Crippen LogP contribution in [0.2, 0.25) is 0 Å². The van der Waals surface area contributed by atoms with Crippen LogP contribution in [0.5, 0.6) is 0 Å². The Kier molecular flexibility index (Phi) is 18.6. The monoisotopic (exact) mass is 386 g/mol. The number of ether oxygens (including phenoxy) is 3. The minimum atomic E-state index is -0.921. The Bertz CT molecular complexity index is 357. The molecule has 0 aliphatic rings. The van der Waals surface area contributed by atoms with Gasteiger partial charge in [0.2, 0.25) is 0 Å². The maximum absolute atomic E-state index is 11.7. The van der Waals surface area contributed by atoms with Crippen LogP contribution >= 0.6 is 0 Å². The van der Waals surface area contributed by atoms with E-state index in [1.54, 1.807) is 6.92 Å². The predicted octanol–water partition coefficient (Wildman–Crippen LogP) is 6.57. The van der Waals surface area contributed by atoms with Crippen molar-refractivity contribution in [2.45, 2.75) is 117 Å². The molecule has 5 heteroatoms. The highest BCUT2D eigenvalue weighted by atomic mass is 16.7. The van der Waals surface area contributed by atoms with Crippen molar-refractivity contribution < 1.29 is 23.8 Å². The van der Waals surface area contributed by atoms with Gasteiger partial charge in [-0.15, -0.1) is 0 Å². The molecule has 0 aliphatic carbocycles. The van der Waals surface area contributed by atoms with E-state index < -0.39 is 18.2 Å². The van der Waals surface area contributed by atoms with Gasteiger partial charge in [-0.3, -0.25) is 0 Å². The van der Waals surface area contributed by atoms with Crippen molar-refractivity contribution in [2.24, 2.45) is 0 Å². The molecule has 0 aromatic rings. The molecule has 0 fully saturated rings. The van der Waals surface area contributed by atoms with Crippen molar-refractivity contribution in [3.63, 3.8) is 0 Å². The largest absolute Gasteiger partial charge is 0.509 e. The third kappa shape index (κ3) is 17.9. The van der Waals surface area contributed by atoms with Crippen LogP contribution in [0.4, 0.5) is 4.79 Å². The lowest BCUT2D eigenvalue weighted by atomic mass is 10.0. The molecule has 0 aliphatic heterocycles. The highest BCUT2D eigenvalue weighted by Crippen LogP contribution is 2.13. The minimum Gasteiger partial charge on any atom is -0.463 e. The van der Waals surface area contributed by atoms with Crippen LogP contribution in [0, 0.1) is 0 Å². The lowest BCUT2D eigenvalue weighted by molar-refractivity contribution is -0.154. The summed E-state index contributed by atoms with van der Waals surface area (Å²) >= 11 is 0. The summed E-state index contributed by atoms with van der Waals surface area (Å²) in [4.78, 5) is 22.8. The van der Waals surface area contributed by atoms with E-state index in [-0.39, 0.29) is 6.61 Å². The lowest BCUT2D eigenvalue weighted by Crippen LogP contribution is -2.27. The van der Waals surface area contributed by atoms with E-state index in [9.17, 15) is 9.59 Å². The van der Waals surface area contributed by atoms with Gasteiger partial charge in [-0.05, 0) is 20.3 Å². The Morgan fingerprint density at radius 1 is 0.667 bits per heavy atom. The van der Waals surface area contributed by atoms with E-state index in [1.807, 2.05) is 0 Å². The maximum Gasteiger partial charge on any atom is 0.509 e. The highest BCUT2D eigenvalue weighted by Gasteiger charge is 2.19. The molecule has 0 amide bonds. The van der Waals surface area contributed by atoms with Crippen molar-refractivity contribution in [1.82, 2.24) is 0 Å². The van der Waals surface area contributed by atoms with Gasteiger partial charge in [0.05, 0.1) is 13.2 Å². The standard InChI is InChI=1S/C22H42O5/c1-4-6-7-8-9-10-11-12-13-14-15-16-17-18-19-26-21(23)20(3)27-22(24)25-5-2/h20H,4-19H2,1-3H3. The highest BCUT2D eigenvalue weighted by molar-refractivity contribution is 5.76. The van der Waals surface area contributed by atoms with Gasteiger partial charge in [-0.1, -0.05) is 90.4 Å². The molecule has 0 rings (SSSR count). The summed E-state index contributed by atoms with van der Waals surface area (Å²) in [6.07, 6.45) is 16.3. The van der Waals surface area contributed by atoms with Gasteiger partial charge in [-0.2, -0.15) is 0 Å². The average Bonchev–Trinajstić information content (AvgIpc) is 2.64. The van der Waals surface area contributed by atoms with E-state index in [0.29, 0.717) is 6.61 Å². The maximum atomic E-state index is 11.7. The molecular formula is C22H42O5. The number of unbranched alkanes of at least 4 members (excludes halogenated alkanes) is 13. The van der Waals surface area contributed by atoms with E-state index >= 15 is 0 Å². The average molecular weight is 387 g/mol. The Labute approximate surface area is 166 Å². The predicted molar refractivity (Wildman–Crippen MR) is 109 cm³/mol. The first kappa shape index (κ1) is 25.7. The number of hydrogen-bond donors (Lipinski definition) is 0. The van der Waals surface area contributed by atoms with Crippen molar-refractivity contribution in [3.05, 3.63) is 0 Å². The number of carbonyl (C=O) groups excluding carboxylic acids is 2. The van der Waals surface area contributed by atoms with Crippen molar-refractivity contribution in [1.29, 1.82) is 0 Å². The Morgan fingerprint density at radius 3 is 1.56 bits per heavy atom. The molecule has 27 heavy (non-hydrogen) atoms. The molecule has 1 atom stereocenters. The van der Waals surface area contributed by atoms with Gasteiger partial charge in [0.1, 0.15) is 0 Å². The zero-order chi connectivity index (χ0) is 20.2. The summed E-state index contributed by atoms with van der Waals surface area (Å²) in [6, 6.07) is 0. The Hall–Kier alpha value is -1.26. The first-order chi connectivity index (χ1) is 13.1. The van der Waals surface area contributed by atoms with Gasteiger partial charge in [0.25, 0.3) is 0 Å². The molecule has 160 valence electrons.